The van der Waals surface area contributed by atoms with E-state index in [-0.39, 0.29) is 0 Å². The van der Waals surface area contributed by atoms with Gasteiger partial charge in [0.25, 0.3) is 0 Å². The third kappa shape index (κ3) is 4.40. The van der Waals surface area contributed by atoms with Crippen LogP contribution in [0.25, 0.3) is 10.9 Å². The molecule has 0 atom stereocenters. The number of rotatable bonds is 1. The van der Waals surface area contributed by atoms with E-state index in [2.05, 4.69) is 15.1 Å². The van der Waals surface area contributed by atoms with Gasteiger partial charge in [-0.2, -0.15) is 5.10 Å². The quantitative estimate of drug-likeness (QED) is 0.516. The second kappa shape index (κ2) is 6.86. The Balaban J connectivity index is 0.000000173. The molecule has 3 aromatic rings. The summed E-state index contributed by atoms with van der Waals surface area (Å²) in [4.78, 5) is 7.22. The third-order valence-corrected chi connectivity index (χ3v) is 2.95. The maximum absolute atomic E-state index is 8.92. The molecule has 2 aromatic heterocycles. The van der Waals surface area contributed by atoms with Crippen LogP contribution in [0.1, 0.15) is 0 Å². The van der Waals surface area contributed by atoms with Gasteiger partial charge < -0.3 is 10.0 Å². The summed E-state index contributed by atoms with van der Waals surface area (Å²) in [6, 6.07) is 6.61. The minimum Gasteiger partial charge on any atom is -0.423 e. The first kappa shape index (κ1) is 15.7. The Morgan fingerprint density at radius 3 is 2.29 bits per heavy atom. The predicted molar refractivity (Wildman–Crippen MR) is 82.6 cm³/mol. The van der Waals surface area contributed by atoms with Gasteiger partial charge in [0.05, 0.1) is 5.52 Å². The largest absolute Gasteiger partial charge is 0.488 e. The summed E-state index contributed by atoms with van der Waals surface area (Å²) in [5.74, 6) is 0. The number of hydrogen-bond acceptors (Lipinski definition) is 5. The number of hydrogen-bond donors (Lipinski definition) is 2. The number of benzene rings is 1. The van der Waals surface area contributed by atoms with Crippen molar-refractivity contribution in [3.63, 3.8) is 0 Å². The van der Waals surface area contributed by atoms with Gasteiger partial charge in [0.2, 0.25) is 0 Å². The van der Waals surface area contributed by atoms with Crippen LogP contribution >= 0.6 is 23.2 Å². The summed E-state index contributed by atoms with van der Waals surface area (Å²) < 4.78 is 1.69. The topological polar surface area (TPSA) is 84.1 Å². The highest BCUT2D eigenvalue weighted by Gasteiger charge is 2.11. The van der Waals surface area contributed by atoms with Crippen LogP contribution in [0.15, 0.2) is 36.8 Å². The van der Waals surface area contributed by atoms with Crippen molar-refractivity contribution in [3.8, 4) is 0 Å². The SMILES string of the molecule is Clc1cc(Cl)ncn1.Cn1cc2cc(B(O)O)ccc2n1. The first-order valence-corrected chi connectivity index (χ1v) is 6.64. The smallest absolute Gasteiger partial charge is 0.423 e. The second-order valence-electron chi connectivity index (χ2n) is 4.16. The molecule has 6 nitrogen and oxygen atoms in total. The summed E-state index contributed by atoms with van der Waals surface area (Å²) in [6.45, 7) is 0. The molecular weight excluding hydrogens is 314 g/mol. The normalized spacial score (nSPS) is 10.1. The molecule has 0 bridgehead atoms. The molecule has 0 aliphatic heterocycles. The van der Waals surface area contributed by atoms with Crippen LogP contribution in [0.5, 0.6) is 0 Å². The average molecular weight is 325 g/mol. The van der Waals surface area contributed by atoms with E-state index in [4.69, 9.17) is 33.2 Å². The number of nitrogens with zero attached hydrogens (tertiary/aromatic N) is 4. The maximum Gasteiger partial charge on any atom is 0.488 e. The molecule has 0 amide bonds. The Bertz CT molecular complexity index is 734. The highest BCUT2D eigenvalue weighted by Crippen LogP contribution is 2.09. The molecule has 9 heteroatoms. The summed E-state index contributed by atoms with van der Waals surface area (Å²) in [5.41, 5.74) is 1.34. The summed E-state index contributed by atoms with van der Waals surface area (Å²) in [7, 11) is 0.416. The number of fused-ring (bicyclic) bond motifs is 1. The molecule has 2 heterocycles. The molecule has 0 aliphatic rings. The van der Waals surface area contributed by atoms with Crippen LogP contribution in [0, 0.1) is 0 Å². The first-order chi connectivity index (χ1) is 9.95. The van der Waals surface area contributed by atoms with Crippen LogP contribution in [-0.4, -0.2) is 36.9 Å². The van der Waals surface area contributed by atoms with Crippen molar-refractivity contribution in [2.75, 3.05) is 0 Å². The van der Waals surface area contributed by atoms with Crippen molar-refractivity contribution in [2.24, 2.45) is 7.05 Å². The Labute approximate surface area is 131 Å². The maximum atomic E-state index is 8.92. The molecule has 1 aromatic carbocycles. The molecule has 3 rings (SSSR count). The van der Waals surface area contributed by atoms with Gasteiger partial charge in [0, 0.05) is 24.7 Å². The van der Waals surface area contributed by atoms with Crippen LogP contribution in [-0.2, 0) is 7.05 Å². The van der Waals surface area contributed by atoms with Crippen LogP contribution in [0.3, 0.4) is 0 Å². The number of aryl methyl sites for hydroxylation is 1. The Morgan fingerprint density at radius 2 is 1.76 bits per heavy atom. The van der Waals surface area contributed by atoms with E-state index in [0.29, 0.717) is 15.8 Å². The van der Waals surface area contributed by atoms with Gasteiger partial charge in [-0.15, -0.1) is 0 Å². The fraction of sp³-hybridized carbons (Fsp3) is 0.0833. The van der Waals surface area contributed by atoms with Crippen LogP contribution < -0.4 is 5.46 Å². The predicted octanol–water partition coefficient (Wildman–Crippen LogP) is 1.04. The first-order valence-electron chi connectivity index (χ1n) is 5.88. The molecule has 2 N–H and O–H groups in total. The fourth-order valence-electron chi connectivity index (χ4n) is 1.64. The van der Waals surface area contributed by atoms with Crippen molar-refractivity contribution < 1.29 is 10.0 Å². The fourth-order valence-corrected chi connectivity index (χ4v) is 1.99. The monoisotopic (exact) mass is 324 g/mol. The zero-order chi connectivity index (χ0) is 15.4. The van der Waals surface area contributed by atoms with Gasteiger partial charge in [-0.3, -0.25) is 4.68 Å². The van der Waals surface area contributed by atoms with Gasteiger partial charge >= 0.3 is 7.12 Å². The lowest BCUT2D eigenvalue weighted by Gasteiger charge is -1.96. The Kier molecular flexibility index (Phi) is 5.14. The van der Waals surface area contributed by atoms with Crippen molar-refractivity contribution in [2.45, 2.75) is 0 Å². The number of aromatic nitrogens is 4. The van der Waals surface area contributed by atoms with E-state index in [0.717, 1.165) is 10.9 Å². The lowest BCUT2D eigenvalue weighted by atomic mass is 9.80. The summed E-state index contributed by atoms with van der Waals surface area (Å²) >= 11 is 10.8. The molecular formula is C12H11BCl2N4O2. The molecule has 0 saturated carbocycles. The Hall–Kier alpha value is -1.67. The van der Waals surface area contributed by atoms with Crippen LogP contribution in [0.4, 0.5) is 0 Å². The van der Waals surface area contributed by atoms with Gasteiger partial charge in [0.15, 0.2) is 0 Å². The molecule has 0 unspecified atom stereocenters. The van der Waals surface area contributed by atoms with Gasteiger partial charge in [-0.25, -0.2) is 9.97 Å². The van der Waals surface area contributed by atoms with E-state index in [9.17, 15) is 0 Å². The third-order valence-electron chi connectivity index (χ3n) is 2.54. The molecule has 0 fully saturated rings. The highest BCUT2D eigenvalue weighted by molar-refractivity contribution is 6.58. The minimum atomic E-state index is -1.41. The van der Waals surface area contributed by atoms with E-state index in [1.165, 1.54) is 12.4 Å². The Morgan fingerprint density at radius 1 is 1.10 bits per heavy atom. The molecule has 108 valence electrons. The molecule has 0 spiro atoms. The minimum absolute atomic E-state index is 0.366. The summed E-state index contributed by atoms with van der Waals surface area (Å²) in [5, 5.41) is 23.6. The van der Waals surface area contributed by atoms with E-state index in [1.807, 2.05) is 13.2 Å². The molecule has 0 aliphatic carbocycles. The van der Waals surface area contributed by atoms with Gasteiger partial charge in [-0.1, -0.05) is 35.3 Å². The number of halogens is 2. The van der Waals surface area contributed by atoms with E-state index < -0.39 is 7.12 Å². The van der Waals surface area contributed by atoms with Crippen molar-refractivity contribution >= 4 is 46.7 Å². The average Bonchev–Trinajstić information content (AvgIpc) is 2.78. The zero-order valence-electron chi connectivity index (χ0n) is 11.0. The van der Waals surface area contributed by atoms with E-state index >= 15 is 0 Å². The lowest BCUT2D eigenvalue weighted by Crippen LogP contribution is -2.29. The second-order valence-corrected chi connectivity index (χ2v) is 4.93. The standard InChI is InChI=1S/C8H9BN2O2.C4H2Cl2N2/c1-11-5-6-4-7(9(12)13)2-3-8(6)10-11;5-3-1-4(6)8-2-7-3/h2-5,12-13H,1H3;1-2H. The zero-order valence-corrected chi connectivity index (χ0v) is 12.5. The van der Waals surface area contributed by atoms with Crippen LogP contribution in [0.2, 0.25) is 10.3 Å². The van der Waals surface area contributed by atoms with Crippen molar-refractivity contribution in [1.29, 1.82) is 0 Å². The highest BCUT2D eigenvalue weighted by atomic mass is 35.5. The van der Waals surface area contributed by atoms with E-state index in [1.54, 1.807) is 22.9 Å². The van der Waals surface area contributed by atoms with Gasteiger partial charge in [0.1, 0.15) is 16.6 Å². The van der Waals surface area contributed by atoms with Gasteiger partial charge in [-0.05, 0) is 11.5 Å². The lowest BCUT2D eigenvalue weighted by molar-refractivity contribution is 0.426. The van der Waals surface area contributed by atoms with Crippen molar-refractivity contribution in [3.05, 3.63) is 47.1 Å². The summed E-state index contributed by atoms with van der Waals surface area (Å²) in [6.07, 6.45) is 3.14. The molecule has 0 radical (unpaired) electrons. The molecule has 0 saturated heterocycles. The molecule has 21 heavy (non-hydrogen) atoms. The van der Waals surface area contributed by atoms with Crippen molar-refractivity contribution in [1.82, 2.24) is 19.7 Å².